The quantitative estimate of drug-likeness (QED) is 0.164. The van der Waals surface area contributed by atoms with Crippen molar-refractivity contribution in [2.75, 3.05) is 0 Å². The van der Waals surface area contributed by atoms with E-state index in [1.165, 1.54) is 9.59 Å². The van der Waals surface area contributed by atoms with Gasteiger partial charge in [0.05, 0.1) is 5.69 Å². The van der Waals surface area contributed by atoms with Crippen molar-refractivity contribution in [2.45, 2.75) is 120 Å². The minimum Gasteiger partial charge on any atom is -0.505 e. The molecule has 2 aromatic heterocycles. The smallest absolute Gasteiger partial charge is 0.146 e. The first-order chi connectivity index (χ1) is 23.1. The second-order valence-corrected chi connectivity index (χ2v) is 17.3. The van der Waals surface area contributed by atoms with Gasteiger partial charge < -0.3 is 10.2 Å². The molecule has 0 unspecified atom stereocenters. The molecule has 0 atom stereocenters. The van der Waals surface area contributed by atoms with Crippen molar-refractivity contribution >= 4 is 18.2 Å². The molecule has 0 fully saturated rings. The number of phenolic OH excluding ortho intramolecular Hbond substituents is 2. The van der Waals surface area contributed by atoms with Crippen LogP contribution < -0.4 is 0 Å². The zero-order valence-corrected chi connectivity index (χ0v) is 32.6. The lowest BCUT2D eigenvalue weighted by molar-refractivity contribution is 0.283. The Morgan fingerprint density at radius 3 is 1.44 bits per heavy atom. The van der Waals surface area contributed by atoms with Crippen LogP contribution in [0.25, 0.3) is 29.6 Å². The first-order valence-corrected chi connectivity index (χ1v) is 17.6. The molecule has 2 heterocycles. The second kappa shape index (κ2) is 14.0. The maximum atomic E-state index is 12.0. The summed E-state index contributed by atoms with van der Waals surface area (Å²) in [6.45, 7) is 32.1. The Hall–Kier alpha value is -4.46. The Labute approximate surface area is 299 Å². The highest BCUT2D eigenvalue weighted by molar-refractivity contribution is 5.62. The third kappa shape index (κ3) is 8.63. The summed E-state index contributed by atoms with van der Waals surface area (Å²) in [5.74, 6) is 0.130. The van der Waals surface area contributed by atoms with Crippen LogP contribution in [0, 0.1) is 17.8 Å². The molecule has 2 N–H and O–H groups in total. The Bertz CT molecular complexity index is 1920. The first-order valence-electron chi connectivity index (χ1n) is 17.6. The molecule has 0 radical (unpaired) electrons. The minimum atomic E-state index is -0.251. The zero-order valence-electron chi connectivity index (χ0n) is 32.6. The molecule has 8 heteroatoms. The van der Waals surface area contributed by atoms with Gasteiger partial charge in [0.25, 0.3) is 0 Å². The lowest BCUT2D eigenvalue weighted by atomic mass is 9.71. The van der Waals surface area contributed by atoms with E-state index in [-0.39, 0.29) is 39.6 Å². The minimum absolute atomic E-state index is 0.0571. The van der Waals surface area contributed by atoms with Crippen LogP contribution in [0.15, 0.2) is 43.0 Å². The van der Waals surface area contributed by atoms with Gasteiger partial charge >= 0.3 is 0 Å². The SMILES string of the molecule is C=Cc1nn(-c2cc(C(C)(C)CC(C)(C)C)cc(Cc3cc(C(C)(C)CC(C)(C)C)cc(-n4nc(C)c(/C=C\C)n4)c3O)c2O)nc1/C=C\C. The third-order valence-corrected chi connectivity index (χ3v) is 8.98. The Balaban J connectivity index is 2.01. The summed E-state index contributed by atoms with van der Waals surface area (Å²) >= 11 is 0. The number of hydrogen-bond acceptors (Lipinski definition) is 6. The molecule has 268 valence electrons. The van der Waals surface area contributed by atoms with Crippen LogP contribution in [0.4, 0.5) is 0 Å². The standard InChI is InChI=1S/C42H58N6O2/c1-15-18-33-27(4)43-47(45-33)35-23-30(41(11,12)25-39(5,6)7)21-28(37(35)49)20-29-22-31(42(13,14)26-40(8,9)10)24-36(38(29)50)48-44-32(17-3)34(46-48)19-16-2/h15-19,21-24,49-50H,3,20,25-26H2,1-2,4-14H3/b18-15-,19-16-. The lowest BCUT2D eigenvalue weighted by Crippen LogP contribution is -2.25. The van der Waals surface area contributed by atoms with Crippen LogP contribution in [0.2, 0.25) is 0 Å². The molecule has 0 aliphatic rings. The predicted molar refractivity (Wildman–Crippen MR) is 207 cm³/mol. The first kappa shape index (κ1) is 38.3. The van der Waals surface area contributed by atoms with Crippen molar-refractivity contribution in [1.82, 2.24) is 30.0 Å². The largest absolute Gasteiger partial charge is 0.505 e. The van der Waals surface area contributed by atoms with Crippen LogP contribution in [0.5, 0.6) is 11.5 Å². The van der Waals surface area contributed by atoms with Gasteiger partial charge in [-0.25, -0.2) is 0 Å². The van der Waals surface area contributed by atoms with E-state index in [0.717, 1.165) is 35.4 Å². The second-order valence-electron chi connectivity index (χ2n) is 17.3. The van der Waals surface area contributed by atoms with E-state index < -0.39 is 0 Å². The van der Waals surface area contributed by atoms with Crippen LogP contribution in [-0.4, -0.2) is 40.2 Å². The monoisotopic (exact) mass is 678 g/mol. The van der Waals surface area contributed by atoms with Crippen LogP contribution in [0.1, 0.15) is 141 Å². The Morgan fingerprint density at radius 2 is 1.02 bits per heavy atom. The number of rotatable bonds is 11. The van der Waals surface area contributed by atoms with Gasteiger partial charge in [-0.05, 0) is 96.8 Å². The fourth-order valence-corrected chi connectivity index (χ4v) is 7.44. The fraction of sp³-hybridized carbons (Fsp3) is 0.476. The molecule has 4 aromatic rings. The molecule has 8 nitrogen and oxygen atoms in total. The zero-order chi connectivity index (χ0) is 37.4. The summed E-state index contributed by atoms with van der Waals surface area (Å²) < 4.78 is 0. The number of aryl methyl sites for hydroxylation is 1. The van der Waals surface area contributed by atoms with Gasteiger partial charge in [0.1, 0.15) is 40.0 Å². The molecule has 50 heavy (non-hydrogen) atoms. The summed E-state index contributed by atoms with van der Waals surface area (Å²) in [5, 5.41) is 42.9. The molecule has 0 spiro atoms. The summed E-state index contributed by atoms with van der Waals surface area (Å²) in [5.41, 5.74) is 6.84. The highest BCUT2D eigenvalue weighted by atomic mass is 16.3. The number of aromatic hydroxyl groups is 2. The van der Waals surface area contributed by atoms with Gasteiger partial charge in [0, 0.05) is 17.5 Å². The van der Waals surface area contributed by atoms with Crippen molar-refractivity contribution in [3.05, 3.63) is 88.0 Å². The number of nitrogens with zero attached hydrogens (tertiary/aromatic N) is 6. The average Bonchev–Trinajstić information content (AvgIpc) is 3.55. The molecule has 0 aliphatic heterocycles. The van der Waals surface area contributed by atoms with E-state index in [0.29, 0.717) is 33.9 Å². The maximum absolute atomic E-state index is 12.0. The molecule has 0 amide bonds. The molecular formula is C42H58N6O2. The van der Waals surface area contributed by atoms with Gasteiger partial charge in [-0.1, -0.05) is 100 Å². The van der Waals surface area contributed by atoms with Crippen LogP contribution in [-0.2, 0) is 17.3 Å². The fourth-order valence-electron chi connectivity index (χ4n) is 7.44. The average molecular weight is 679 g/mol. The number of benzene rings is 2. The Kier molecular flexibility index (Phi) is 10.8. The van der Waals surface area contributed by atoms with Gasteiger partial charge in [0.2, 0.25) is 0 Å². The molecule has 0 bridgehead atoms. The molecule has 0 saturated carbocycles. The van der Waals surface area contributed by atoms with E-state index in [1.54, 1.807) is 6.08 Å². The number of allylic oxidation sites excluding steroid dienone is 2. The molecule has 0 aliphatic carbocycles. The highest BCUT2D eigenvalue weighted by Gasteiger charge is 2.32. The maximum Gasteiger partial charge on any atom is 0.146 e. The van der Waals surface area contributed by atoms with E-state index in [4.69, 9.17) is 20.4 Å². The van der Waals surface area contributed by atoms with E-state index in [9.17, 15) is 10.2 Å². The molecule has 2 aromatic carbocycles. The van der Waals surface area contributed by atoms with Crippen molar-refractivity contribution in [3.63, 3.8) is 0 Å². The number of phenols is 2. The van der Waals surface area contributed by atoms with E-state index in [2.05, 4.69) is 87.9 Å². The normalized spacial score (nSPS) is 13.2. The van der Waals surface area contributed by atoms with E-state index in [1.807, 2.05) is 57.2 Å². The third-order valence-electron chi connectivity index (χ3n) is 8.98. The van der Waals surface area contributed by atoms with Gasteiger partial charge in [0.15, 0.2) is 0 Å². The summed E-state index contributed by atoms with van der Waals surface area (Å²) in [6, 6.07) is 8.14. The molecular weight excluding hydrogens is 621 g/mol. The lowest BCUT2D eigenvalue weighted by Gasteiger charge is -2.34. The summed E-state index contributed by atoms with van der Waals surface area (Å²) in [4.78, 5) is 3.02. The Morgan fingerprint density at radius 1 is 0.620 bits per heavy atom. The topological polar surface area (TPSA) is 102 Å². The van der Waals surface area contributed by atoms with Gasteiger partial charge in [-0.2, -0.15) is 5.10 Å². The van der Waals surface area contributed by atoms with Crippen molar-refractivity contribution in [3.8, 4) is 22.9 Å². The van der Waals surface area contributed by atoms with Crippen LogP contribution >= 0.6 is 0 Å². The van der Waals surface area contributed by atoms with Crippen molar-refractivity contribution in [1.29, 1.82) is 0 Å². The van der Waals surface area contributed by atoms with E-state index >= 15 is 0 Å². The van der Waals surface area contributed by atoms with Gasteiger partial charge in [-0.3, -0.25) is 0 Å². The molecule has 4 rings (SSSR count). The summed E-state index contributed by atoms with van der Waals surface area (Å²) in [7, 11) is 0. The number of hydrogen-bond donors (Lipinski definition) is 2. The van der Waals surface area contributed by atoms with Crippen molar-refractivity contribution < 1.29 is 10.2 Å². The van der Waals surface area contributed by atoms with Crippen molar-refractivity contribution in [2.24, 2.45) is 10.8 Å². The number of aromatic nitrogens is 6. The van der Waals surface area contributed by atoms with Crippen LogP contribution in [0.3, 0.4) is 0 Å². The molecule has 0 saturated heterocycles. The predicted octanol–water partition coefficient (Wildman–Crippen LogP) is 10.3. The highest BCUT2D eigenvalue weighted by Crippen LogP contribution is 2.43. The van der Waals surface area contributed by atoms with Gasteiger partial charge in [-0.15, -0.1) is 24.9 Å². The summed E-state index contributed by atoms with van der Waals surface area (Å²) in [6.07, 6.45) is 11.4.